The number of rotatable bonds is 6. The van der Waals surface area contributed by atoms with Gasteiger partial charge in [-0.1, -0.05) is 22.0 Å². The molecule has 1 unspecified atom stereocenters. The molecular formula is C19H15BrF3N3O4. The smallest absolute Gasteiger partial charge is 0.416 e. The first-order valence-corrected chi connectivity index (χ1v) is 9.21. The average molecular weight is 486 g/mol. The summed E-state index contributed by atoms with van der Waals surface area (Å²) in [4.78, 5) is 16.0. The summed E-state index contributed by atoms with van der Waals surface area (Å²) in [6, 6.07) is 9.39. The Morgan fingerprint density at radius 1 is 1.13 bits per heavy atom. The van der Waals surface area contributed by atoms with Crippen molar-refractivity contribution in [3.8, 4) is 11.5 Å². The highest BCUT2D eigenvalue weighted by Gasteiger charge is 2.47. The van der Waals surface area contributed by atoms with Crippen molar-refractivity contribution in [3.05, 3.63) is 70.7 Å². The number of carbonyl (C=O) groups is 1. The standard InChI is InChI=1S/C19H15BrF3N3O4/c1-29-17(27)18(28,9-26-11-24-10-25-26)15-7-6-14(8-16(15)19(21,22)23)30-13-4-2-12(20)3-5-13/h2-8,10-11,28H,9H2,1H3. The number of ether oxygens (including phenoxy) is 2. The van der Waals surface area contributed by atoms with Crippen molar-refractivity contribution in [2.24, 2.45) is 0 Å². The molecule has 0 radical (unpaired) electrons. The summed E-state index contributed by atoms with van der Waals surface area (Å²) in [5.74, 6) is -1.09. The van der Waals surface area contributed by atoms with Crippen LogP contribution >= 0.6 is 15.9 Å². The van der Waals surface area contributed by atoms with Crippen LogP contribution in [0.25, 0.3) is 0 Å². The molecule has 3 aromatic rings. The minimum Gasteiger partial charge on any atom is -0.467 e. The number of benzene rings is 2. The van der Waals surface area contributed by atoms with Crippen molar-refractivity contribution in [2.45, 2.75) is 18.3 Å². The van der Waals surface area contributed by atoms with Gasteiger partial charge in [-0.15, -0.1) is 0 Å². The summed E-state index contributed by atoms with van der Waals surface area (Å²) in [6.45, 7) is -0.629. The lowest BCUT2D eigenvalue weighted by atomic mass is 9.89. The summed E-state index contributed by atoms with van der Waals surface area (Å²) < 4.78 is 53.4. The molecule has 30 heavy (non-hydrogen) atoms. The van der Waals surface area contributed by atoms with E-state index in [0.717, 1.165) is 35.0 Å². The lowest BCUT2D eigenvalue weighted by molar-refractivity contribution is -0.168. The molecule has 0 aliphatic rings. The molecule has 7 nitrogen and oxygen atoms in total. The minimum atomic E-state index is -4.89. The summed E-state index contributed by atoms with van der Waals surface area (Å²) in [7, 11) is 0.965. The van der Waals surface area contributed by atoms with E-state index in [9.17, 15) is 23.1 Å². The lowest BCUT2D eigenvalue weighted by Crippen LogP contribution is -2.42. The monoisotopic (exact) mass is 485 g/mol. The fraction of sp³-hybridized carbons (Fsp3) is 0.211. The molecule has 0 fully saturated rings. The number of carbonyl (C=O) groups excluding carboxylic acids is 1. The quantitative estimate of drug-likeness (QED) is 0.532. The van der Waals surface area contributed by atoms with Crippen LogP contribution in [0.5, 0.6) is 11.5 Å². The Morgan fingerprint density at radius 3 is 2.37 bits per heavy atom. The highest BCUT2D eigenvalue weighted by atomic mass is 79.9. The Balaban J connectivity index is 2.07. The van der Waals surface area contributed by atoms with Gasteiger partial charge >= 0.3 is 12.1 Å². The minimum absolute atomic E-state index is 0.124. The second-order valence-electron chi connectivity index (χ2n) is 6.21. The molecule has 0 spiro atoms. The van der Waals surface area contributed by atoms with Crippen LogP contribution in [-0.2, 0) is 27.9 Å². The Hall–Kier alpha value is -2.92. The third-order valence-corrected chi connectivity index (χ3v) is 4.70. The van der Waals surface area contributed by atoms with Crippen molar-refractivity contribution in [3.63, 3.8) is 0 Å². The van der Waals surface area contributed by atoms with Crippen molar-refractivity contribution >= 4 is 21.9 Å². The van der Waals surface area contributed by atoms with Gasteiger partial charge < -0.3 is 14.6 Å². The zero-order valence-corrected chi connectivity index (χ0v) is 17.0. The van der Waals surface area contributed by atoms with Gasteiger partial charge in [0.1, 0.15) is 24.2 Å². The molecule has 0 aliphatic heterocycles. The lowest BCUT2D eigenvalue weighted by Gasteiger charge is -2.28. The molecule has 3 rings (SSSR count). The molecule has 1 atom stereocenters. The number of alkyl halides is 3. The maximum atomic E-state index is 13.8. The SMILES string of the molecule is COC(=O)C(O)(Cn1cncn1)c1ccc(Oc2ccc(Br)cc2)cc1C(F)(F)F. The Labute approximate surface area is 177 Å². The van der Waals surface area contributed by atoms with Crippen molar-refractivity contribution in [2.75, 3.05) is 7.11 Å². The van der Waals surface area contributed by atoms with Gasteiger partial charge in [-0.25, -0.2) is 14.5 Å². The van der Waals surface area contributed by atoms with Gasteiger partial charge in [0.15, 0.2) is 0 Å². The highest BCUT2D eigenvalue weighted by Crippen LogP contribution is 2.40. The molecule has 11 heteroatoms. The van der Waals surface area contributed by atoms with Crippen LogP contribution in [0.15, 0.2) is 59.6 Å². The van der Waals surface area contributed by atoms with Crippen molar-refractivity contribution in [1.82, 2.24) is 14.8 Å². The van der Waals surface area contributed by atoms with Crippen LogP contribution in [0.4, 0.5) is 13.2 Å². The number of nitrogens with zero attached hydrogens (tertiary/aromatic N) is 3. The number of aromatic nitrogens is 3. The molecule has 158 valence electrons. The summed E-state index contributed by atoms with van der Waals surface area (Å²) in [6.07, 6.45) is -2.61. The molecule has 0 bridgehead atoms. The molecule has 0 saturated heterocycles. The fourth-order valence-electron chi connectivity index (χ4n) is 2.80. The van der Waals surface area contributed by atoms with Gasteiger partial charge in [-0.3, -0.25) is 0 Å². The van der Waals surface area contributed by atoms with E-state index in [2.05, 4.69) is 30.7 Å². The maximum Gasteiger partial charge on any atom is 0.416 e. The number of hydrogen-bond donors (Lipinski definition) is 1. The summed E-state index contributed by atoms with van der Waals surface area (Å²) >= 11 is 3.26. The number of aliphatic hydroxyl groups is 1. The molecule has 1 heterocycles. The molecule has 0 aliphatic carbocycles. The summed E-state index contributed by atoms with van der Waals surface area (Å²) in [5, 5.41) is 14.7. The second-order valence-corrected chi connectivity index (χ2v) is 7.12. The number of methoxy groups -OCH3 is 1. The molecule has 2 aromatic carbocycles. The Kier molecular flexibility index (Phi) is 6.13. The van der Waals surface area contributed by atoms with E-state index in [-0.39, 0.29) is 5.75 Å². The van der Waals surface area contributed by atoms with E-state index in [1.54, 1.807) is 24.3 Å². The predicted molar refractivity (Wildman–Crippen MR) is 102 cm³/mol. The number of halogens is 4. The molecule has 0 amide bonds. The van der Waals surface area contributed by atoms with Crippen molar-refractivity contribution in [1.29, 1.82) is 0 Å². The van der Waals surface area contributed by atoms with Crippen LogP contribution < -0.4 is 4.74 Å². The van der Waals surface area contributed by atoms with Crippen LogP contribution in [-0.4, -0.2) is 33.0 Å². The largest absolute Gasteiger partial charge is 0.467 e. The van der Waals surface area contributed by atoms with Gasteiger partial charge in [0.2, 0.25) is 5.60 Å². The van der Waals surface area contributed by atoms with Crippen LogP contribution in [0, 0.1) is 0 Å². The maximum absolute atomic E-state index is 13.8. The molecule has 1 N–H and O–H groups in total. The van der Waals surface area contributed by atoms with Gasteiger partial charge in [0.05, 0.1) is 19.2 Å². The zero-order chi connectivity index (χ0) is 21.9. The van der Waals surface area contributed by atoms with E-state index < -0.39 is 35.4 Å². The fourth-order valence-corrected chi connectivity index (χ4v) is 3.06. The predicted octanol–water partition coefficient (Wildman–Crippen LogP) is 3.91. The highest BCUT2D eigenvalue weighted by molar-refractivity contribution is 9.10. The molecular weight excluding hydrogens is 471 g/mol. The first kappa shape index (κ1) is 21.8. The van der Waals surface area contributed by atoms with E-state index >= 15 is 0 Å². The third-order valence-electron chi connectivity index (χ3n) is 4.17. The van der Waals surface area contributed by atoms with E-state index in [1.807, 2.05) is 0 Å². The molecule has 1 aromatic heterocycles. The van der Waals surface area contributed by atoms with Gasteiger partial charge in [-0.2, -0.15) is 18.3 Å². The van der Waals surface area contributed by atoms with Gasteiger partial charge in [-0.05, 0) is 36.4 Å². The molecule has 0 saturated carbocycles. The Morgan fingerprint density at radius 2 is 1.80 bits per heavy atom. The van der Waals surface area contributed by atoms with Gasteiger partial charge in [0, 0.05) is 10.0 Å². The van der Waals surface area contributed by atoms with Crippen molar-refractivity contribution < 1.29 is 32.5 Å². The normalized spacial score (nSPS) is 13.5. The number of esters is 1. The van der Waals surface area contributed by atoms with Crippen LogP contribution in [0.2, 0.25) is 0 Å². The van der Waals surface area contributed by atoms with E-state index in [1.165, 1.54) is 6.07 Å². The topological polar surface area (TPSA) is 86.5 Å². The van der Waals surface area contributed by atoms with Gasteiger partial charge in [0.25, 0.3) is 0 Å². The first-order valence-electron chi connectivity index (χ1n) is 8.42. The van der Waals surface area contributed by atoms with E-state index in [4.69, 9.17) is 4.74 Å². The van der Waals surface area contributed by atoms with E-state index in [0.29, 0.717) is 11.8 Å². The van der Waals surface area contributed by atoms with Crippen LogP contribution in [0.1, 0.15) is 11.1 Å². The number of hydrogen-bond acceptors (Lipinski definition) is 6. The summed E-state index contributed by atoms with van der Waals surface area (Å²) in [5.41, 5.74) is -4.60. The average Bonchev–Trinajstić information content (AvgIpc) is 3.21. The Bertz CT molecular complexity index is 1030. The first-order chi connectivity index (χ1) is 14.1. The third kappa shape index (κ3) is 4.62. The zero-order valence-electron chi connectivity index (χ0n) is 15.4. The van der Waals surface area contributed by atoms with Crippen LogP contribution in [0.3, 0.4) is 0 Å². The second kappa shape index (κ2) is 8.44.